The van der Waals surface area contributed by atoms with Crippen LogP contribution in [0.4, 0.5) is 0 Å². The van der Waals surface area contributed by atoms with Crippen molar-refractivity contribution in [2.75, 3.05) is 39.3 Å². The van der Waals surface area contributed by atoms with E-state index < -0.39 is 0 Å². The Morgan fingerprint density at radius 1 is 1.11 bits per heavy atom. The number of nitrogens with zero attached hydrogens (tertiary/aromatic N) is 3. The van der Waals surface area contributed by atoms with Crippen molar-refractivity contribution < 1.29 is 0 Å². The van der Waals surface area contributed by atoms with Gasteiger partial charge >= 0.3 is 0 Å². The molecule has 106 valence electrons. The van der Waals surface area contributed by atoms with Gasteiger partial charge in [0.2, 0.25) is 0 Å². The maximum Gasteiger partial charge on any atom is 0.0312 e. The fourth-order valence-electron chi connectivity index (χ4n) is 2.64. The Hall–Kier alpha value is -0.970. The summed E-state index contributed by atoms with van der Waals surface area (Å²) in [6, 6.07) is 4.18. The molecule has 19 heavy (non-hydrogen) atoms. The molecule has 2 N–H and O–H groups in total. The Balaban J connectivity index is 1.74. The zero-order chi connectivity index (χ0) is 13.3. The lowest BCUT2D eigenvalue weighted by Crippen LogP contribution is -2.31. The first-order valence-corrected chi connectivity index (χ1v) is 7.42. The Kier molecular flexibility index (Phi) is 6.27. The summed E-state index contributed by atoms with van der Waals surface area (Å²) in [6.07, 6.45) is 7.47. The summed E-state index contributed by atoms with van der Waals surface area (Å²) >= 11 is 0. The largest absolute Gasteiger partial charge is 0.330 e. The standard InChI is InChI=1S/C15H26N4/c16-6-1-2-8-18-9-4-10-19(12-11-18)14-15-5-3-7-17-13-15/h3,5,7,13H,1-2,4,6,8-12,14,16H2. The van der Waals surface area contributed by atoms with Gasteiger partial charge in [-0.1, -0.05) is 6.07 Å². The van der Waals surface area contributed by atoms with E-state index in [1.54, 1.807) is 0 Å². The van der Waals surface area contributed by atoms with Crippen molar-refractivity contribution in [3.05, 3.63) is 30.1 Å². The molecule has 2 rings (SSSR count). The average Bonchev–Trinajstić information content (AvgIpc) is 2.66. The molecule has 1 aliphatic rings. The van der Waals surface area contributed by atoms with Crippen LogP contribution < -0.4 is 5.73 Å². The predicted octanol–water partition coefficient (Wildman–Crippen LogP) is 1.33. The highest BCUT2D eigenvalue weighted by Crippen LogP contribution is 2.08. The van der Waals surface area contributed by atoms with Crippen LogP contribution in [0.25, 0.3) is 0 Å². The van der Waals surface area contributed by atoms with Crippen molar-refractivity contribution in [1.82, 2.24) is 14.8 Å². The number of hydrogen-bond acceptors (Lipinski definition) is 4. The summed E-state index contributed by atoms with van der Waals surface area (Å²) in [5.74, 6) is 0. The number of pyridine rings is 1. The smallest absolute Gasteiger partial charge is 0.0312 e. The maximum absolute atomic E-state index is 5.55. The molecule has 0 atom stereocenters. The van der Waals surface area contributed by atoms with Gasteiger partial charge in [0.05, 0.1) is 0 Å². The monoisotopic (exact) mass is 262 g/mol. The van der Waals surface area contributed by atoms with Crippen LogP contribution >= 0.6 is 0 Å². The van der Waals surface area contributed by atoms with Crippen molar-refractivity contribution in [3.8, 4) is 0 Å². The zero-order valence-corrected chi connectivity index (χ0v) is 11.8. The highest BCUT2D eigenvalue weighted by atomic mass is 15.2. The van der Waals surface area contributed by atoms with Crippen LogP contribution in [0.2, 0.25) is 0 Å². The average molecular weight is 262 g/mol. The summed E-state index contributed by atoms with van der Waals surface area (Å²) in [6.45, 7) is 7.84. The number of unbranched alkanes of at least 4 members (excludes halogenated alkanes) is 1. The minimum Gasteiger partial charge on any atom is -0.330 e. The van der Waals surface area contributed by atoms with E-state index in [9.17, 15) is 0 Å². The first kappa shape index (κ1) is 14.4. The molecule has 0 radical (unpaired) electrons. The van der Waals surface area contributed by atoms with Gasteiger partial charge in [0.15, 0.2) is 0 Å². The number of rotatable bonds is 6. The van der Waals surface area contributed by atoms with Crippen LogP contribution in [0.1, 0.15) is 24.8 Å². The maximum atomic E-state index is 5.55. The number of hydrogen-bond donors (Lipinski definition) is 1. The fraction of sp³-hybridized carbons (Fsp3) is 0.667. The van der Waals surface area contributed by atoms with Gasteiger partial charge < -0.3 is 10.6 Å². The quantitative estimate of drug-likeness (QED) is 0.786. The molecular weight excluding hydrogens is 236 g/mol. The minimum atomic E-state index is 0.820. The molecule has 1 aromatic heterocycles. The summed E-state index contributed by atoms with van der Waals surface area (Å²) in [4.78, 5) is 9.31. The predicted molar refractivity (Wildman–Crippen MR) is 78.9 cm³/mol. The van der Waals surface area contributed by atoms with Crippen molar-refractivity contribution in [2.24, 2.45) is 5.73 Å². The van der Waals surface area contributed by atoms with Crippen LogP contribution in [0.3, 0.4) is 0 Å². The molecule has 1 fully saturated rings. The molecule has 1 aromatic rings. The Morgan fingerprint density at radius 3 is 2.74 bits per heavy atom. The second kappa shape index (κ2) is 8.25. The molecule has 0 amide bonds. The lowest BCUT2D eigenvalue weighted by Gasteiger charge is -2.21. The van der Waals surface area contributed by atoms with Crippen molar-refractivity contribution in [3.63, 3.8) is 0 Å². The van der Waals surface area contributed by atoms with E-state index in [2.05, 4.69) is 20.9 Å². The lowest BCUT2D eigenvalue weighted by atomic mass is 10.2. The van der Waals surface area contributed by atoms with Crippen LogP contribution in [-0.2, 0) is 6.54 Å². The molecule has 0 unspecified atom stereocenters. The number of nitrogens with two attached hydrogens (primary N) is 1. The zero-order valence-electron chi connectivity index (χ0n) is 11.8. The van der Waals surface area contributed by atoms with Gasteiger partial charge in [-0.2, -0.15) is 0 Å². The van der Waals surface area contributed by atoms with Gasteiger partial charge in [-0.3, -0.25) is 9.88 Å². The first-order chi connectivity index (χ1) is 9.38. The third-order valence-corrected chi connectivity index (χ3v) is 3.74. The van der Waals surface area contributed by atoms with Crippen molar-refractivity contribution >= 4 is 0 Å². The Bertz CT molecular complexity index is 341. The van der Waals surface area contributed by atoms with Crippen LogP contribution in [0, 0.1) is 0 Å². The van der Waals surface area contributed by atoms with Crippen molar-refractivity contribution in [1.29, 1.82) is 0 Å². The highest BCUT2D eigenvalue weighted by Gasteiger charge is 2.14. The van der Waals surface area contributed by atoms with Crippen LogP contribution in [-0.4, -0.2) is 54.1 Å². The van der Waals surface area contributed by atoms with E-state index in [1.165, 1.54) is 44.6 Å². The van der Waals surface area contributed by atoms with Gasteiger partial charge in [-0.05, 0) is 57.1 Å². The molecule has 1 saturated heterocycles. The summed E-state index contributed by atoms with van der Waals surface area (Å²) in [5, 5.41) is 0. The fourth-order valence-corrected chi connectivity index (χ4v) is 2.64. The lowest BCUT2D eigenvalue weighted by molar-refractivity contribution is 0.249. The molecule has 4 heteroatoms. The van der Waals surface area contributed by atoms with E-state index in [0.717, 1.165) is 26.1 Å². The molecule has 0 aliphatic carbocycles. The molecule has 0 bridgehead atoms. The molecule has 2 heterocycles. The normalized spacial score (nSPS) is 18.4. The summed E-state index contributed by atoms with van der Waals surface area (Å²) in [5.41, 5.74) is 6.87. The molecular formula is C15H26N4. The molecule has 0 spiro atoms. The highest BCUT2D eigenvalue weighted by molar-refractivity contribution is 5.08. The second-order valence-corrected chi connectivity index (χ2v) is 5.33. The van der Waals surface area contributed by atoms with E-state index in [-0.39, 0.29) is 0 Å². The minimum absolute atomic E-state index is 0.820. The topological polar surface area (TPSA) is 45.4 Å². The van der Waals surface area contributed by atoms with E-state index in [4.69, 9.17) is 5.73 Å². The number of aromatic nitrogens is 1. The Morgan fingerprint density at radius 2 is 1.95 bits per heavy atom. The van der Waals surface area contributed by atoms with E-state index in [0.29, 0.717) is 0 Å². The Labute approximate surface area is 116 Å². The van der Waals surface area contributed by atoms with Crippen LogP contribution in [0.5, 0.6) is 0 Å². The molecule has 1 aliphatic heterocycles. The second-order valence-electron chi connectivity index (χ2n) is 5.33. The molecule has 4 nitrogen and oxygen atoms in total. The van der Waals surface area contributed by atoms with Crippen LogP contribution in [0.15, 0.2) is 24.5 Å². The first-order valence-electron chi connectivity index (χ1n) is 7.42. The molecule has 0 saturated carbocycles. The molecule has 0 aromatic carbocycles. The third kappa shape index (κ3) is 5.27. The van der Waals surface area contributed by atoms with Crippen molar-refractivity contribution in [2.45, 2.75) is 25.8 Å². The SMILES string of the molecule is NCCCCN1CCCN(Cc2cccnc2)CC1. The van der Waals surface area contributed by atoms with Gasteiger partial charge in [-0.15, -0.1) is 0 Å². The summed E-state index contributed by atoms with van der Waals surface area (Å²) in [7, 11) is 0. The van der Waals surface area contributed by atoms with Gasteiger partial charge in [-0.25, -0.2) is 0 Å². The van der Waals surface area contributed by atoms with Gasteiger partial charge in [0, 0.05) is 32.0 Å². The van der Waals surface area contributed by atoms with E-state index in [1.807, 2.05) is 18.5 Å². The summed E-state index contributed by atoms with van der Waals surface area (Å²) < 4.78 is 0. The van der Waals surface area contributed by atoms with E-state index >= 15 is 0 Å². The third-order valence-electron chi connectivity index (χ3n) is 3.74. The van der Waals surface area contributed by atoms with Gasteiger partial charge in [0.1, 0.15) is 0 Å². The van der Waals surface area contributed by atoms with Gasteiger partial charge in [0.25, 0.3) is 0 Å².